The minimum Gasteiger partial charge on any atom is -0.406 e. The number of hydrogen-bond donors (Lipinski definition) is 0. The molecule has 0 aliphatic heterocycles. The SMILES string of the molecule is CC(C)(C)c1ccc(/C=C/C(O[Si](C)(C)C(C)(C)C)C(Cl)(Cl)Cl)cc1. The van der Waals surface area contributed by atoms with Gasteiger partial charge in [0.15, 0.2) is 8.32 Å². The Morgan fingerprint density at radius 3 is 1.76 bits per heavy atom. The van der Waals surface area contributed by atoms with Gasteiger partial charge in [0.25, 0.3) is 0 Å². The summed E-state index contributed by atoms with van der Waals surface area (Å²) in [5, 5.41) is 0.0450. The van der Waals surface area contributed by atoms with Crippen molar-refractivity contribution >= 4 is 49.2 Å². The van der Waals surface area contributed by atoms with Crippen molar-refractivity contribution in [1.29, 1.82) is 0 Å². The highest BCUT2D eigenvalue weighted by atomic mass is 35.6. The van der Waals surface area contributed by atoms with Crippen LogP contribution in [0.2, 0.25) is 18.1 Å². The predicted octanol–water partition coefficient (Wildman–Crippen LogP) is 7.76. The average Bonchev–Trinajstić information content (AvgIpc) is 2.40. The third-order valence-corrected chi connectivity index (χ3v) is 9.89. The van der Waals surface area contributed by atoms with Crippen molar-refractivity contribution in [2.24, 2.45) is 0 Å². The molecule has 0 amide bonds. The van der Waals surface area contributed by atoms with Crippen molar-refractivity contribution in [3.05, 3.63) is 41.5 Å². The van der Waals surface area contributed by atoms with Gasteiger partial charge < -0.3 is 4.43 Å². The van der Waals surface area contributed by atoms with Crippen LogP contribution in [0.4, 0.5) is 0 Å². The number of alkyl halides is 3. The van der Waals surface area contributed by atoms with Crippen molar-refractivity contribution in [2.45, 2.75) is 75.0 Å². The van der Waals surface area contributed by atoms with Crippen LogP contribution in [0.5, 0.6) is 0 Å². The maximum absolute atomic E-state index is 6.32. The third-order valence-electron chi connectivity index (χ3n) is 4.79. The maximum atomic E-state index is 6.32. The Hall–Kier alpha value is 0.00688. The lowest BCUT2D eigenvalue weighted by Crippen LogP contribution is -2.46. The van der Waals surface area contributed by atoms with Gasteiger partial charge in [0.2, 0.25) is 3.79 Å². The van der Waals surface area contributed by atoms with E-state index < -0.39 is 18.2 Å². The molecule has 0 aliphatic rings. The van der Waals surface area contributed by atoms with Gasteiger partial charge in [-0.3, -0.25) is 0 Å². The molecule has 25 heavy (non-hydrogen) atoms. The Kier molecular flexibility index (Phi) is 7.32. The zero-order chi connectivity index (χ0) is 19.7. The summed E-state index contributed by atoms with van der Waals surface area (Å²) in [6, 6.07) is 8.44. The Labute approximate surface area is 169 Å². The Balaban J connectivity index is 3.02. The van der Waals surface area contributed by atoms with Crippen LogP contribution in [0.25, 0.3) is 6.08 Å². The van der Waals surface area contributed by atoms with Crippen molar-refractivity contribution in [2.75, 3.05) is 0 Å². The predicted molar refractivity (Wildman–Crippen MR) is 117 cm³/mol. The topological polar surface area (TPSA) is 9.23 Å². The minimum absolute atomic E-state index is 0.0450. The Morgan fingerprint density at radius 1 is 0.920 bits per heavy atom. The molecule has 0 saturated heterocycles. The molecular weight excluding hydrogens is 391 g/mol. The van der Waals surface area contributed by atoms with Crippen LogP contribution in [0.1, 0.15) is 52.7 Å². The summed E-state index contributed by atoms with van der Waals surface area (Å²) in [7, 11) is -2.05. The molecule has 0 saturated carbocycles. The van der Waals surface area contributed by atoms with E-state index in [2.05, 4.69) is 78.9 Å². The smallest absolute Gasteiger partial charge is 0.218 e. The molecule has 0 aliphatic carbocycles. The molecule has 1 rings (SSSR count). The fourth-order valence-electron chi connectivity index (χ4n) is 2.00. The summed E-state index contributed by atoms with van der Waals surface area (Å²) < 4.78 is 4.82. The second-order valence-corrected chi connectivity index (χ2v) is 16.2. The van der Waals surface area contributed by atoms with Gasteiger partial charge >= 0.3 is 0 Å². The molecule has 5 heteroatoms. The zero-order valence-electron chi connectivity index (χ0n) is 16.6. The van der Waals surface area contributed by atoms with Crippen LogP contribution in [0.15, 0.2) is 30.3 Å². The normalized spacial score (nSPS) is 15.6. The van der Waals surface area contributed by atoms with E-state index in [9.17, 15) is 0 Å². The number of halogens is 3. The molecule has 0 heterocycles. The molecule has 0 radical (unpaired) electrons. The van der Waals surface area contributed by atoms with Gasteiger partial charge in [-0.25, -0.2) is 0 Å². The highest BCUT2D eigenvalue weighted by Crippen LogP contribution is 2.42. The lowest BCUT2D eigenvalue weighted by molar-refractivity contribution is 0.229. The second kappa shape index (κ2) is 7.94. The van der Waals surface area contributed by atoms with Crippen LogP contribution < -0.4 is 0 Å². The molecule has 0 spiro atoms. The summed E-state index contributed by atoms with van der Waals surface area (Å²) in [5.41, 5.74) is 2.49. The molecule has 1 atom stereocenters. The molecule has 0 bridgehead atoms. The standard InChI is InChI=1S/C20H31Cl3OSi/c1-18(2,3)16-12-9-15(10-13-16)11-14-17(20(21,22)23)24-25(7,8)19(4,5)6/h9-14,17H,1-8H3/b14-11+. The first-order valence-electron chi connectivity index (χ1n) is 8.57. The quantitative estimate of drug-likeness (QED) is 0.356. The van der Waals surface area contributed by atoms with Crippen LogP contribution >= 0.6 is 34.8 Å². The first-order chi connectivity index (χ1) is 11.0. The van der Waals surface area contributed by atoms with E-state index >= 15 is 0 Å². The highest BCUT2D eigenvalue weighted by molar-refractivity contribution is 6.74. The van der Waals surface area contributed by atoms with Crippen molar-refractivity contribution in [3.8, 4) is 0 Å². The maximum Gasteiger partial charge on any atom is 0.218 e. The monoisotopic (exact) mass is 420 g/mol. The molecule has 1 aromatic rings. The fourth-order valence-corrected chi connectivity index (χ4v) is 3.82. The van der Waals surface area contributed by atoms with Gasteiger partial charge in [-0.1, -0.05) is 113 Å². The van der Waals surface area contributed by atoms with Gasteiger partial charge in [0.05, 0.1) is 0 Å². The van der Waals surface area contributed by atoms with Crippen molar-refractivity contribution in [3.63, 3.8) is 0 Å². The van der Waals surface area contributed by atoms with Gasteiger partial charge in [-0.05, 0) is 34.7 Å². The largest absolute Gasteiger partial charge is 0.406 e. The van der Waals surface area contributed by atoms with E-state index in [1.807, 2.05) is 12.2 Å². The highest BCUT2D eigenvalue weighted by Gasteiger charge is 2.43. The summed E-state index contributed by atoms with van der Waals surface area (Å²) in [5.74, 6) is 0. The van der Waals surface area contributed by atoms with Crippen LogP contribution in [-0.2, 0) is 9.84 Å². The van der Waals surface area contributed by atoms with E-state index in [0.717, 1.165) is 5.56 Å². The van der Waals surface area contributed by atoms with E-state index in [4.69, 9.17) is 39.2 Å². The van der Waals surface area contributed by atoms with Gasteiger partial charge in [-0.2, -0.15) is 0 Å². The second-order valence-electron chi connectivity index (χ2n) is 9.07. The van der Waals surface area contributed by atoms with Crippen molar-refractivity contribution < 1.29 is 4.43 Å². The van der Waals surface area contributed by atoms with Gasteiger partial charge in [-0.15, -0.1) is 0 Å². The van der Waals surface area contributed by atoms with E-state index in [1.54, 1.807) is 0 Å². The average molecular weight is 422 g/mol. The van der Waals surface area contributed by atoms with Crippen LogP contribution in [0.3, 0.4) is 0 Å². The molecule has 142 valence electrons. The third kappa shape index (κ3) is 6.91. The molecule has 0 fully saturated rings. The number of rotatable bonds is 4. The lowest BCUT2D eigenvalue weighted by atomic mass is 9.87. The molecule has 1 unspecified atom stereocenters. The first-order valence-corrected chi connectivity index (χ1v) is 12.6. The van der Waals surface area contributed by atoms with Crippen LogP contribution in [-0.4, -0.2) is 18.2 Å². The first kappa shape index (κ1) is 23.0. The zero-order valence-corrected chi connectivity index (χ0v) is 19.9. The molecular formula is C20H31Cl3OSi. The number of benzene rings is 1. The molecule has 0 N–H and O–H groups in total. The van der Waals surface area contributed by atoms with Crippen molar-refractivity contribution in [1.82, 2.24) is 0 Å². The van der Waals surface area contributed by atoms with Crippen LogP contribution in [0, 0.1) is 0 Å². The van der Waals surface area contributed by atoms with Gasteiger partial charge in [0.1, 0.15) is 6.10 Å². The number of hydrogen-bond acceptors (Lipinski definition) is 1. The molecule has 1 aromatic carbocycles. The molecule has 1 nitrogen and oxygen atoms in total. The Bertz CT molecular complexity index is 587. The summed E-state index contributed by atoms with van der Waals surface area (Å²) in [6.07, 6.45) is 3.24. The fraction of sp³-hybridized carbons (Fsp3) is 0.600. The summed E-state index contributed by atoms with van der Waals surface area (Å²) in [6.45, 7) is 17.4. The van der Waals surface area contributed by atoms with E-state index in [1.165, 1.54) is 5.56 Å². The summed E-state index contributed by atoms with van der Waals surface area (Å²) in [4.78, 5) is 0. The lowest BCUT2D eigenvalue weighted by Gasteiger charge is -2.40. The molecule has 0 aromatic heterocycles. The van der Waals surface area contributed by atoms with E-state index in [-0.39, 0.29) is 10.5 Å². The summed E-state index contributed by atoms with van der Waals surface area (Å²) >= 11 is 18.6. The van der Waals surface area contributed by atoms with Gasteiger partial charge in [0, 0.05) is 0 Å². The minimum atomic E-state index is -2.05. The van der Waals surface area contributed by atoms with E-state index in [0.29, 0.717) is 0 Å². The Morgan fingerprint density at radius 2 is 1.40 bits per heavy atom.